The number of fused-ring (bicyclic) bond motifs is 1. The highest BCUT2D eigenvalue weighted by Gasteiger charge is 2.47. The van der Waals surface area contributed by atoms with E-state index in [0.717, 1.165) is 6.61 Å². The first-order valence-corrected chi connectivity index (χ1v) is 5.44. The Kier molecular flexibility index (Phi) is 2.60. The molecule has 2 rings (SSSR count). The van der Waals surface area contributed by atoms with E-state index in [-0.39, 0.29) is 18.3 Å². The Morgan fingerprint density at radius 1 is 1.25 bits per heavy atom. The third-order valence-corrected chi connectivity index (χ3v) is 3.58. The summed E-state index contributed by atoms with van der Waals surface area (Å²) in [6.45, 7) is 1.49. The summed E-state index contributed by atoms with van der Waals surface area (Å²) in [5.74, 6) is 0. The van der Waals surface area contributed by atoms with Crippen molar-refractivity contribution in [1.82, 2.24) is 0 Å². The zero-order valence-electron chi connectivity index (χ0n) is 7.36. The summed E-state index contributed by atoms with van der Waals surface area (Å²) in [4.78, 5) is 0. The second-order valence-corrected chi connectivity index (χ2v) is 4.22. The van der Waals surface area contributed by atoms with E-state index in [1.165, 1.54) is 0 Å². The number of rotatable bonds is 2. The van der Waals surface area contributed by atoms with Crippen molar-refractivity contribution in [2.45, 2.75) is 23.6 Å². The molecule has 2 unspecified atom stereocenters. The van der Waals surface area contributed by atoms with Crippen molar-refractivity contribution in [2.75, 3.05) is 26.6 Å². The van der Waals surface area contributed by atoms with Gasteiger partial charge in [-0.25, -0.2) is 0 Å². The smallest absolute Gasteiger partial charge is 0.113 e. The van der Waals surface area contributed by atoms with Crippen LogP contribution in [0.3, 0.4) is 0 Å². The van der Waals surface area contributed by atoms with Gasteiger partial charge in [-0.2, -0.15) is 11.8 Å². The van der Waals surface area contributed by atoms with E-state index in [0.29, 0.717) is 11.9 Å². The molecule has 0 saturated carbocycles. The summed E-state index contributed by atoms with van der Waals surface area (Å²) in [5.41, 5.74) is 0. The van der Waals surface area contributed by atoms with Crippen LogP contribution in [0.1, 0.15) is 0 Å². The first-order valence-electron chi connectivity index (χ1n) is 4.15. The molecular weight excluding hydrogens is 176 g/mol. The number of hydrogen-bond acceptors (Lipinski definition) is 4. The molecular formula is C8H14O3S. The second kappa shape index (κ2) is 3.54. The van der Waals surface area contributed by atoms with Crippen molar-refractivity contribution in [3.63, 3.8) is 0 Å². The average molecular weight is 190 g/mol. The summed E-state index contributed by atoms with van der Waals surface area (Å²) in [6, 6.07) is 0. The van der Waals surface area contributed by atoms with Crippen LogP contribution in [0.25, 0.3) is 0 Å². The highest BCUT2D eigenvalue weighted by molar-refractivity contribution is 7.99. The fraction of sp³-hybridized carbons (Fsp3) is 1.00. The van der Waals surface area contributed by atoms with Crippen LogP contribution >= 0.6 is 11.8 Å². The van der Waals surface area contributed by atoms with Crippen molar-refractivity contribution < 1.29 is 14.2 Å². The highest BCUT2D eigenvalue weighted by Crippen LogP contribution is 2.33. The summed E-state index contributed by atoms with van der Waals surface area (Å²) in [5, 5.41) is 0.496. The van der Waals surface area contributed by atoms with Crippen molar-refractivity contribution in [2.24, 2.45) is 0 Å². The van der Waals surface area contributed by atoms with Crippen LogP contribution in [0.15, 0.2) is 0 Å². The predicted molar refractivity (Wildman–Crippen MR) is 47.6 cm³/mol. The molecule has 0 aromatic heterocycles. The van der Waals surface area contributed by atoms with Crippen LogP contribution in [0.5, 0.6) is 0 Å². The van der Waals surface area contributed by atoms with Gasteiger partial charge in [0.15, 0.2) is 0 Å². The van der Waals surface area contributed by atoms with Gasteiger partial charge in [0.25, 0.3) is 0 Å². The van der Waals surface area contributed by atoms with E-state index in [4.69, 9.17) is 14.2 Å². The van der Waals surface area contributed by atoms with Crippen molar-refractivity contribution in [1.29, 1.82) is 0 Å². The SMILES string of the molecule is COC1CO[C@@H]2C(SC)CO[C@H]12. The molecule has 4 atom stereocenters. The van der Waals surface area contributed by atoms with Crippen molar-refractivity contribution in [3.8, 4) is 0 Å². The lowest BCUT2D eigenvalue weighted by Gasteiger charge is -2.14. The molecule has 12 heavy (non-hydrogen) atoms. The van der Waals surface area contributed by atoms with Gasteiger partial charge in [0.2, 0.25) is 0 Å². The lowest BCUT2D eigenvalue weighted by Crippen LogP contribution is -2.31. The molecule has 0 N–H and O–H groups in total. The average Bonchev–Trinajstić information content (AvgIpc) is 2.62. The Bertz CT molecular complexity index is 146. The zero-order chi connectivity index (χ0) is 8.55. The van der Waals surface area contributed by atoms with E-state index >= 15 is 0 Å². The summed E-state index contributed by atoms with van der Waals surface area (Å²) >= 11 is 1.82. The largest absolute Gasteiger partial charge is 0.376 e. The molecule has 0 amide bonds. The lowest BCUT2D eigenvalue weighted by molar-refractivity contribution is -0.00710. The molecule has 0 spiro atoms. The van der Waals surface area contributed by atoms with Crippen LogP contribution < -0.4 is 0 Å². The quantitative estimate of drug-likeness (QED) is 0.635. The third kappa shape index (κ3) is 1.27. The minimum Gasteiger partial charge on any atom is -0.376 e. The minimum absolute atomic E-state index is 0.146. The van der Waals surface area contributed by atoms with E-state index in [2.05, 4.69) is 6.26 Å². The Morgan fingerprint density at radius 2 is 2.00 bits per heavy atom. The van der Waals surface area contributed by atoms with E-state index in [9.17, 15) is 0 Å². The van der Waals surface area contributed by atoms with Gasteiger partial charge in [0, 0.05) is 7.11 Å². The van der Waals surface area contributed by atoms with Crippen LogP contribution in [-0.4, -0.2) is 50.1 Å². The molecule has 2 heterocycles. The predicted octanol–water partition coefficient (Wildman–Crippen LogP) is 0.531. The van der Waals surface area contributed by atoms with Gasteiger partial charge < -0.3 is 14.2 Å². The van der Waals surface area contributed by atoms with Crippen LogP contribution in [0.2, 0.25) is 0 Å². The fourth-order valence-electron chi connectivity index (χ4n) is 1.83. The Hall–Kier alpha value is 0.230. The maximum atomic E-state index is 5.61. The molecule has 0 aliphatic carbocycles. The third-order valence-electron chi connectivity index (χ3n) is 2.57. The number of hydrogen-bond donors (Lipinski definition) is 0. The van der Waals surface area contributed by atoms with Crippen LogP contribution in [0, 0.1) is 0 Å². The molecule has 2 aliphatic heterocycles. The topological polar surface area (TPSA) is 27.7 Å². The maximum Gasteiger partial charge on any atom is 0.113 e. The zero-order valence-corrected chi connectivity index (χ0v) is 8.17. The molecule has 2 saturated heterocycles. The first kappa shape index (κ1) is 8.81. The second-order valence-electron chi connectivity index (χ2n) is 3.14. The monoisotopic (exact) mass is 190 g/mol. The van der Waals surface area contributed by atoms with E-state index in [1.807, 2.05) is 11.8 Å². The molecule has 3 nitrogen and oxygen atoms in total. The van der Waals surface area contributed by atoms with E-state index < -0.39 is 0 Å². The Labute approximate surface area is 76.7 Å². The van der Waals surface area contributed by atoms with Gasteiger partial charge in [-0.05, 0) is 6.26 Å². The Balaban J connectivity index is 2.01. The van der Waals surface area contributed by atoms with Crippen molar-refractivity contribution >= 4 is 11.8 Å². The van der Waals surface area contributed by atoms with E-state index in [1.54, 1.807) is 7.11 Å². The van der Waals surface area contributed by atoms with Gasteiger partial charge in [-0.1, -0.05) is 0 Å². The van der Waals surface area contributed by atoms with Gasteiger partial charge in [-0.3, -0.25) is 0 Å². The molecule has 4 heteroatoms. The fourth-order valence-corrected chi connectivity index (χ4v) is 2.55. The maximum absolute atomic E-state index is 5.61. The Morgan fingerprint density at radius 3 is 2.67 bits per heavy atom. The summed E-state index contributed by atoms with van der Waals surface area (Å²) in [7, 11) is 1.71. The van der Waals surface area contributed by atoms with Gasteiger partial charge in [0.1, 0.15) is 18.3 Å². The molecule has 0 aromatic rings. The lowest BCUT2D eigenvalue weighted by atomic mass is 10.1. The summed E-state index contributed by atoms with van der Waals surface area (Å²) in [6.07, 6.45) is 2.67. The molecule has 2 aliphatic rings. The van der Waals surface area contributed by atoms with Crippen molar-refractivity contribution in [3.05, 3.63) is 0 Å². The van der Waals surface area contributed by atoms with Gasteiger partial charge in [-0.15, -0.1) is 0 Å². The molecule has 70 valence electrons. The standard InChI is InChI=1S/C8H14O3S/c1-9-5-3-10-8-6(12-2)4-11-7(5)8/h5-8H,3-4H2,1-2H3/t5?,6?,7-,8-/m1/s1. The number of ether oxygens (including phenoxy) is 3. The normalized spacial score (nSPS) is 46.5. The highest BCUT2D eigenvalue weighted by atomic mass is 32.2. The van der Waals surface area contributed by atoms with Gasteiger partial charge in [0.05, 0.1) is 18.5 Å². The van der Waals surface area contributed by atoms with Crippen LogP contribution in [-0.2, 0) is 14.2 Å². The number of thioether (sulfide) groups is 1. The molecule has 2 fully saturated rings. The molecule has 0 bridgehead atoms. The molecule has 0 aromatic carbocycles. The van der Waals surface area contributed by atoms with Crippen LogP contribution in [0.4, 0.5) is 0 Å². The van der Waals surface area contributed by atoms with Gasteiger partial charge >= 0.3 is 0 Å². The first-order chi connectivity index (χ1) is 5.86. The number of methoxy groups -OCH3 is 1. The molecule has 0 radical (unpaired) electrons. The summed E-state index contributed by atoms with van der Waals surface area (Å²) < 4.78 is 16.5. The minimum atomic E-state index is 0.146.